The average molecular weight is 309 g/mol. The van der Waals surface area contributed by atoms with Crippen molar-refractivity contribution in [3.8, 4) is 17.6 Å². The lowest BCUT2D eigenvalue weighted by Crippen LogP contribution is -2.06. The zero-order chi connectivity index (χ0) is 16.7. The van der Waals surface area contributed by atoms with Crippen molar-refractivity contribution in [1.29, 1.82) is 5.26 Å². The Morgan fingerprint density at radius 1 is 1.04 bits per heavy atom. The predicted molar refractivity (Wildman–Crippen MR) is 92.0 cm³/mol. The van der Waals surface area contributed by atoms with E-state index in [0.29, 0.717) is 18.9 Å². The number of nitriles is 1. The maximum absolute atomic E-state index is 9.43. The summed E-state index contributed by atoms with van der Waals surface area (Å²) >= 11 is 0. The van der Waals surface area contributed by atoms with E-state index < -0.39 is 0 Å². The fraction of sp³-hybridized carbons (Fsp3) is 0.350. The normalized spacial score (nSPS) is 11.8. The van der Waals surface area contributed by atoms with Crippen LogP contribution in [0.15, 0.2) is 48.5 Å². The summed E-state index contributed by atoms with van der Waals surface area (Å²) in [6, 6.07) is 18.1. The van der Waals surface area contributed by atoms with Gasteiger partial charge in [0.1, 0.15) is 11.5 Å². The lowest BCUT2D eigenvalue weighted by molar-refractivity contribution is 0.304. The molecule has 1 unspecified atom stereocenters. The lowest BCUT2D eigenvalue weighted by Gasteiger charge is -2.14. The van der Waals surface area contributed by atoms with Crippen LogP contribution in [-0.2, 0) is 0 Å². The second-order valence-corrected chi connectivity index (χ2v) is 5.78. The van der Waals surface area contributed by atoms with Crippen molar-refractivity contribution in [3.63, 3.8) is 0 Å². The molecule has 0 fully saturated rings. The summed E-state index contributed by atoms with van der Waals surface area (Å²) in [7, 11) is 1.63. The molecule has 1 atom stereocenters. The maximum atomic E-state index is 9.43. The van der Waals surface area contributed by atoms with E-state index in [1.54, 1.807) is 7.11 Å². The van der Waals surface area contributed by atoms with Crippen molar-refractivity contribution in [2.24, 2.45) is 0 Å². The van der Waals surface area contributed by atoms with Crippen LogP contribution in [0.25, 0.3) is 0 Å². The van der Waals surface area contributed by atoms with Crippen LogP contribution in [0.4, 0.5) is 0 Å². The first-order valence-electron chi connectivity index (χ1n) is 7.91. The Bertz CT molecular complexity index is 656. The fourth-order valence-electron chi connectivity index (χ4n) is 2.49. The number of nitrogens with zero attached hydrogens (tertiary/aromatic N) is 1. The minimum Gasteiger partial charge on any atom is -0.496 e. The van der Waals surface area contributed by atoms with Crippen LogP contribution in [0, 0.1) is 11.3 Å². The van der Waals surface area contributed by atoms with Crippen molar-refractivity contribution < 1.29 is 9.47 Å². The minimum absolute atomic E-state index is 0.235. The molecule has 3 nitrogen and oxygen atoms in total. The molecule has 0 aliphatic rings. The topological polar surface area (TPSA) is 42.2 Å². The van der Waals surface area contributed by atoms with Crippen LogP contribution in [-0.4, -0.2) is 13.7 Å². The molecule has 0 amide bonds. The zero-order valence-corrected chi connectivity index (χ0v) is 14.0. The summed E-state index contributed by atoms with van der Waals surface area (Å²) in [5.74, 6) is 1.87. The van der Waals surface area contributed by atoms with Gasteiger partial charge in [0.15, 0.2) is 0 Å². The largest absolute Gasteiger partial charge is 0.496 e. The second-order valence-electron chi connectivity index (χ2n) is 5.78. The number of hydrogen-bond donors (Lipinski definition) is 0. The van der Waals surface area contributed by atoms with E-state index in [1.807, 2.05) is 36.4 Å². The summed E-state index contributed by atoms with van der Waals surface area (Å²) < 4.78 is 11.1. The smallest absolute Gasteiger partial charge is 0.123 e. The van der Waals surface area contributed by atoms with Gasteiger partial charge in [-0.15, -0.1) is 0 Å². The van der Waals surface area contributed by atoms with Gasteiger partial charge in [0.05, 0.1) is 25.7 Å². The first kappa shape index (κ1) is 16.9. The van der Waals surface area contributed by atoms with Crippen LogP contribution >= 0.6 is 0 Å². The first-order valence-corrected chi connectivity index (χ1v) is 7.91. The molecule has 0 bridgehead atoms. The van der Waals surface area contributed by atoms with Gasteiger partial charge >= 0.3 is 0 Å². The molecule has 0 radical (unpaired) electrons. The predicted octanol–water partition coefficient (Wildman–Crippen LogP) is 4.89. The van der Waals surface area contributed by atoms with E-state index in [2.05, 4.69) is 32.0 Å². The second kappa shape index (κ2) is 8.24. The van der Waals surface area contributed by atoms with Crippen LogP contribution in [0.5, 0.6) is 11.5 Å². The quantitative estimate of drug-likeness (QED) is 0.731. The molecule has 2 aromatic rings. The Hall–Kier alpha value is -2.47. The highest BCUT2D eigenvalue weighted by atomic mass is 16.5. The van der Waals surface area contributed by atoms with Crippen LogP contribution in [0.2, 0.25) is 0 Å². The SMILES string of the molecule is COc1ccccc1C(C#N)CCOc1ccc(C(C)C)cc1. The Balaban J connectivity index is 1.95. The van der Waals surface area contributed by atoms with E-state index in [0.717, 1.165) is 17.1 Å². The number of ether oxygens (including phenoxy) is 2. The molecule has 2 aromatic carbocycles. The molecule has 0 aliphatic heterocycles. The molecule has 0 N–H and O–H groups in total. The Morgan fingerprint density at radius 3 is 2.35 bits per heavy atom. The standard InChI is InChI=1S/C20H23NO2/c1-15(2)16-8-10-18(11-9-16)23-13-12-17(14-21)19-6-4-5-7-20(19)22-3/h4-11,15,17H,12-13H2,1-3H3. The Kier molecular flexibility index (Phi) is 6.05. The summed E-state index contributed by atoms with van der Waals surface area (Å²) in [5.41, 5.74) is 2.21. The van der Waals surface area contributed by atoms with E-state index in [-0.39, 0.29) is 5.92 Å². The monoisotopic (exact) mass is 309 g/mol. The third-order valence-electron chi connectivity index (χ3n) is 3.89. The Morgan fingerprint density at radius 2 is 1.74 bits per heavy atom. The Labute approximate surface area is 138 Å². The summed E-state index contributed by atoms with van der Waals surface area (Å²) in [5, 5.41) is 9.43. The van der Waals surface area contributed by atoms with Gasteiger partial charge in [-0.25, -0.2) is 0 Å². The zero-order valence-electron chi connectivity index (χ0n) is 14.0. The highest BCUT2D eigenvalue weighted by Gasteiger charge is 2.15. The van der Waals surface area contributed by atoms with E-state index >= 15 is 0 Å². The number of benzene rings is 2. The third-order valence-corrected chi connectivity index (χ3v) is 3.89. The van der Waals surface area contributed by atoms with Gasteiger partial charge in [0, 0.05) is 12.0 Å². The molecule has 0 aromatic heterocycles. The first-order chi connectivity index (χ1) is 11.2. The van der Waals surface area contributed by atoms with Gasteiger partial charge in [0.2, 0.25) is 0 Å². The van der Waals surface area contributed by atoms with Gasteiger partial charge in [0.25, 0.3) is 0 Å². The van der Waals surface area contributed by atoms with Gasteiger partial charge in [-0.1, -0.05) is 44.2 Å². The molecule has 0 spiro atoms. The van der Waals surface area contributed by atoms with Crippen molar-refractivity contribution in [3.05, 3.63) is 59.7 Å². The summed E-state index contributed by atoms with van der Waals surface area (Å²) in [6.07, 6.45) is 0.628. The molecule has 0 heterocycles. The van der Waals surface area contributed by atoms with E-state index in [1.165, 1.54) is 5.56 Å². The van der Waals surface area contributed by atoms with Crippen molar-refractivity contribution in [2.75, 3.05) is 13.7 Å². The lowest BCUT2D eigenvalue weighted by atomic mass is 9.96. The highest BCUT2D eigenvalue weighted by molar-refractivity contribution is 5.39. The maximum Gasteiger partial charge on any atom is 0.123 e. The van der Waals surface area contributed by atoms with Gasteiger partial charge < -0.3 is 9.47 Å². The molecule has 0 saturated carbocycles. The van der Waals surface area contributed by atoms with Crippen LogP contribution < -0.4 is 9.47 Å². The molecular weight excluding hydrogens is 286 g/mol. The number of rotatable bonds is 7. The van der Waals surface area contributed by atoms with Crippen LogP contribution in [0.3, 0.4) is 0 Å². The molecule has 0 aliphatic carbocycles. The van der Waals surface area contributed by atoms with Crippen molar-refractivity contribution in [1.82, 2.24) is 0 Å². The molecule has 0 saturated heterocycles. The average Bonchev–Trinajstić information content (AvgIpc) is 2.59. The molecule has 23 heavy (non-hydrogen) atoms. The summed E-state index contributed by atoms with van der Waals surface area (Å²) in [6.45, 7) is 4.83. The highest BCUT2D eigenvalue weighted by Crippen LogP contribution is 2.28. The van der Waals surface area contributed by atoms with Crippen molar-refractivity contribution in [2.45, 2.75) is 32.1 Å². The summed E-state index contributed by atoms with van der Waals surface area (Å²) in [4.78, 5) is 0. The van der Waals surface area contributed by atoms with Gasteiger partial charge in [-0.2, -0.15) is 5.26 Å². The third kappa shape index (κ3) is 4.50. The minimum atomic E-state index is -0.235. The number of hydrogen-bond acceptors (Lipinski definition) is 3. The van der Waals surface area contributed by atoms with E-state index in [9.17, 15) is 5.26 Å². The van der Waals surface area contributed by atoms with Gasteiger partial charge in [-0.3, -0.25) is 0 Å². The van der Waals surface area contributed by atoms with Crippen molar-refractivity contribution >= 4 is 0 Å². The van der Waals surface area contributed by atoms with Crippen LogP contribution in [0.1, 0.15) is 43.2 Å². The molecule has 3 heteroatoms. The molecular formula is C20H23NO2. The number of para-hydroxylation sites is 1. The van der Waals surface area contributed by atoms with Gasteiger partial charge in [-0.05, 0) is 29.7 Å². The fourth-order valence-corrected chi connectivity index (χ4v) is 2.49. The molecule has 2 rings (SSSR count). The molecule has 120 valence electrons. The van der Waals surface area contributed by atoms with E-state index in [4.69, 9.17) is 9.47 Å². The number of methoxy groups -OCH3 is 1.